The lowest BCUT2D eigenvalue weighted by Gasteiger charge is -2.35. The van der Waals surface area contributed by atoms with Crippen LogP contribution in [0.5, 0.6) is 0 Å². The molecule has 0 amide bonds. The van der Waals surface area contributed by atoms with E-state index in [9.17, 15) is 5.11 Å². The summed E-state index contributed by atoms with van der Waals surface area (Å²) in [5, 5.41) is 20.1. The summed E-state index contributed by atoms with van der Waals surface area (Å²) in [6, 6.07) is 6.89. The molecular weight excluding hydrogens is 320 g/mol. The molecule has 3 rings (SSSR count). The number of aromatic nitrogens is 6. The summed E-state index contributed by atoms with van der Waals surface area (Å²) in [4.78, 5) is 7.82. The van der Waals surface area contributed by atoms with Crippen LogP contribution < -0.4 is 0 Å². The van der Waals surface area contributed by atoms with Crippen molar-refractivity contribution >= 4 is 11.6 Å². The van der Waals surface area contributed by atoms with Gasteiger partial charge in [0.2, 0.25) is 0 Å². The molecule has 0 spiro atoms. The lowest BCUT2D eigenvalue weighted by Crippen LogP contribution is -2.42. The van der Waals surface area contributed by atoms with Gasteiger partial charge in [-0.2, -0.15) is 10.2 Å². The van der Waals surface area contributed by atoms with Gasteiger partial charge in [-0.1, -0.05) is 23.7 Å². The van der Waals surface area contributed by atoms with Crippen molar-refractivity contribution in [3.8, 4) is 0 Å². The van der Waals surface area contributed by atoms with Crippen LogP contribution in [-0.4, -0.2) is 41.7 Å². The number of ether oxygens (including phenoxy) is 1. The monoisotopic (exact) mass is 334 g/mol. The van der Waals surface area contributed by atoms with Gasteiger partial charge in [-0.05, 0) is 17.7 Å². The van der Waals surface area contributed by atoms with Crippen LogP contribution in [0.25, 0.3) is 0 Å². The van der Waals surface area contributed by atoms with E-state index in [-0.39, 0.29) is 6.54 Å². The molecule has 8 nitrogen and oxygen atoms in total. The third-order valence-electron chi connectivity index (χ3n) is 3.52. The van der Waals surface area contributed by atoms with Crippen molar-refractivity contribution in [1.29, 1.82) is 0 Å². The van der Waals surface area contributed by atoms with Crippen molar-refractivity contribution in [2.24, 2.45) is 0 Å². The highest BCUT2D eigenvalue weighted by molar-refractivity contribution is 6.30. The average molecular weight is 335 g/mol. The van der Waals surface area contributed by atoms with Crippen molar-refractivity contribution < 1.29 is 9.84 Å². The van der Waals surface area contributed by atoms with Gasteiger partial charge in [0.15, 0.2) is 11.8 Å². The molecule has 0 unspecified atom stereocenters. The number of rotatable bonds is 6. The Kier molecular flexibility index (Phi) is 4.37. The van der Waals surface area contributed by atoms with Gasteiger partial charge in [0, 0.05) is 12.1 Å². The highest BCUT2D eigenvalue weighted by Crippen LogP contribution is 2.35. The first kappa shape index (κ1) is 15.6. The SMILES string of the molecule is CO[C@@H](n1cncn1)[C@](O)(Cn1cncn1)c1ccc(Cl)cc1. The largest absolute Gasteiger partial charge is 0.378 e. The summed E-state index contributed by atoms with van der Waals surface area (Å²) in [5.74, 6) is 0. The van der Waals surface area contributed by atoms with Crippen molar-refractivity contribution in [1.82, 2.24) is 29.5 Å². The first-order valence-corrected chi connectivity index (χ1v) is 7.19. The van der Waals surface area contributed by atoms with Gasteiger partial charge in [0.25, 0.3) is 0 Å². The average Bonchev–Trinajstić information content (AvgIpc) is 3.22. The fourth-order valence-electron chi connectivity index (χ4n) is 2.47. The number of hydrogen-bond donors (Lipinski definition) is 1. The molecule has 23 heavy (non-hydrogen) atoms. The fourth-order valence-corrected chi connectivity index (χ4v) is 2.60. The van der Waals surface area contributed by atoms with E-state index in [1.54, 1.807) is 24.3 Å². The quantitative estimate of drug-likeness (QED) is 0.729. The van der Waals surface area contributed by atoms with Crippen LogP contribution in [0.2, 0.25) is 5.02 Å². The lowest BCUT2D eigenvalue weighted by atomic mass is 9.91. The Bertz CT molecular complexity index is 731. The molecule has 0 aliphatic carbocycles. The Labute approximate surface area is 137 Å². The molecule has 9 heteroatoms. The van der Waals surface area contributed by atoms with Crippen molar-refractivity contribution in [2.45, 2.75) is 18.4 Å². The third-order valence-corrected chi connectivity index (χ3v) is 3.77. The second-order valence-corrected chi connectivity index (χ2v) is 5.42. The van der Waals surface area contributed by atoms with Gasteiger partial charge >= 0.3 is 0 Å². The fraction of sp³-hybridized carbons (Fsp3) is 0.286. The molecular formula is C14H15ClN6O2. The predicted molar refractivity (Wildman–Crippen MR) is 81.4 cm³/mol. The maximum absolute atomic E-state index is 11.4. The standard InChI is InChI=1S/C14H15ClN6O2/c1-23-13(21-10-17-8-19-21)14(22,6-20-9-16-7-18-20)11-2-4-12(15)5-3-11/h2-5,7-10,13,22H,6H2,1H3/t13-,14+/m1/s1. The molecule has 2 heterocycles. The Balaban J connectivity index is 2.06. The Morgan fingerprint density at radius 3 is 2.43 bits per heavy atom. The zero-order chi connectivity index (χ0) is 16.3. The molecule has 120 valence electrons. The summed E-state index contributed by atoms with van der Waals surface area (Å²) in [6.07, 6.45) is 4.98. The lowest BCUT2D eigenvalue weighted by molar-refractivity contribution is -0.153. The maximum Gasteiger partial charge on any atom is 0.186 e. The minimum atomic E-state index is -1.46. The number of halogens is 1. The maximum atomic E-state index is 11.4. The van der Waals surface area contributed by atoms with Crippen molar-refractivity contribution in [2.75, 3.05) is 7.11 Å². The number of aliphatic hydroxyl groups is 1. The number of methoxy groups -OCH3 is 1. The molecule has 2 atom stereocenters. The molecule has 0 saturated carbocycles. The van der Waals surface area contributed by atoms with E-state index in [0.717, 1.165) is 0 Å². The van der Waals surface area contributed by atoms with Crippen molar-refractivity contribution in [3.63, 3.8) is 0 Å². The van der Waals surface area contributed by atoms with Crippen LogP contribution in [0, 0.1) is 0 Å². The summed E-state index contributed by atoms with van der Waals surface area (Å²) in [5.41, 5.74) is -0.847. The molecule has 0 aliphatic rings. The zero-order valence-electron chi connectivity index (χ0n) is 12.3. The van der Waals surface area contributed by atoms with E-state index in [2.05, 4.69) is 20.2 Å². The first-order chi connectivity index (χ1) is 11.1. The van der Waals surface area contributed by atoms with Crippen LogP contribution in [0.3, 0.4) is 0 Å². The second kappa shape index (κ2) is 6.45. The van der Waals surface area contributed by atoms with E-state index in [1.165, 1.54) is 41.8 Å². The van der Waals surface area contributed by atoms with Crippen LogP contribution in [0.4, 0.5) is 0 Å². The van der Waals surface area contributed by atoms with Crippen LogP contribution in [0.1, 0.15) is 11.8 Å². The summed E-state index contributed by atoms with van der Waals surface area (Å²) >= 11 is 5.95. The number of nitrogens with zero attached hydrogens (tertiary/aromatic N) is 6. The van der Waals surface area contributed by atoms with E-state index in [0.29, 0.717) is 10.6 Å². The Morgan fingerprint density at radius 2 is 1.87 bits per heavy atom. The van der Waals surface area contributed by atoms with Gasteiger partial charge in [0.1, 0.15) is 25.3 Å². The number of benzene rings is 1. The van der Waals surface area contributed by atoms with E-state index in [1.807, 2.05) is 0 Å². The van der Waals surface area contributed by atoms with Gasteiger partial charge < -0.3 is 9.84 Å². The van der Waals surface area contributed by atoms with Gasteiger partial charge in [-0.15, -0.1) is 0 Å². The highest BCUT2D eigenvalue weighted by atomic mass is 35.5. The molecule has 3 aromatic rings. The normalized spacial score (nSPS) is 15.3. The summed E-state index contributed by atoms with van der Waals surface area (Å²) in [6.45, 7) is 0.118. The zero-order valence-corrected chi connectivity index (χ0v) is 13.1. The van der Waals surface area contributed by atoms with Crippen LogP contribution in [-0.2, 0) is 16.9 Å². The third kappa shape index (κ3) is 3.09. The molecule has 0 fully saturated rings. The molecule has 0 bridgehead atoms. The van der Waals surface area contributed by atoms with E-state index >= 15 is 0 Å². The minimum Gasteiger partial charge on any atom is -0.378 e. The van der Waals surface area contributed by atoms with Gasteiger partial charge in [-0.3, -0.25) is 0 Å². The summed E-state index contributed by atoms with van der Waals surface area (Å²) < 4.78 is 8.48. The topological polar surface area (TPSA) is 90.9 Å². The second-order valence-electron chi connectivity index (χ2n) is 4.99. The summed E-state index contributed by atoms with van der Waals surface area (Å²) in [7, 11) is 1.49. The van der Waals surface area contributed by atoms with E-state index in [4.69, 9.17) is 16.3 Å². The first-order valence-electron chi connectivity index (χ1n) is 6.81. The molecule has 2 aromatic heterocycles. The predicted octanol–water partition coefficient (Wildman–Crippen LogP) is 1.26. The molecule has 1 aromatic carbocycles. The van der Waals surface area contributed by atoms with E-state index < -0.39 is 11.8 Å². The smallest absolute Gasteiger partial charge is 0.186 e. The Morgan fingerprint density at radius 1 is 1.17 bits per heavy atom. The number of hydrogen-bond acceptors (Lipinski definition) is 6. The van der Waals surface area contributed by atoms with Gasteiger partial charge in [-0.25, -0.2) is 19.3 Å². The van der Waals surface area contributed by atoms with Gasteiger partial charge in [0.05, 0.1) is 6.54 Å². The molecule has 1 N–H and O–H groups in total. The minimum absolute atomic E-state index is 0.118. The highest BCUT2D eigenvalue weighted by Gasteiger charge is 2.41. The Hall–Kier alpha value is -2.29. The van der Waals surface area contributed by atoms with Crippen LogP contribution >= 0.6 is 11.6 Å². The van der Waals surface area contributed by atoms with Crippen molar-refractivity contribution in [3.05, 3.63) is 60.2 Å². The molecule has 0 aliphatic heterocycles. The van der Waals surface area contributed by atoms with Crippen LogP contribution in [0.15, 0.2) is 49.6 Å². The molecule has 0 saturated heterocycles. The molecule has 0 radical (unpaired) electrons.